The first-order chi connectivity index (χ1) is 7.91. The van der Waals surface area contributed by atoms with E-state index < -0.39 is 18.0 Å². The molecule has 1 rings (SSSR count). The normalized spacial score (nSPS) is 12.1. The lowest BCUT2D eigenvalue weighted by molar-refractivity contribution is -0.147. The van der Waals surface area contributed by atoms with E-state index in [-0.39, 0.29) is 24.2 Å². The van der Waals surface area contributed by atoms with Crippen molar-refractivity contribution in [3.63, 3.8) is 0 Å². The van der Waals surface area contributed by atoms with Crippen molar-refractivity contribution in [1.29, 1.82) is 0 Å². The summed E-state index contributed by atoms with van der Waals surface area (Å²) in [5.41, 5.74) is 0.447. The van der Waals surface area contributed by atoms with Gasteiger partial charge in [0.1, 0.15) is 5.75 Å². The number of aliphatic hydroxyl groups excluding tert-OH is 1. The molecule has 0 aliphatic rings. The molecule has 0 aromatic heterocycles. The predicted molar refractivity (Wildman–Crippen MR) is 56.7 cm³/mol. The second-order valence-corrected chi connectivity index (χ2v) is 3.53. The molecule has 4 N–H and O–H groups in total. The summed E-state index contributed by atoms with van der Waals surface area (Å²) in [6, 6.07) is 4.00. The molecule has 6 heteroatoms. The van der Waals surface area contributed by atoms with Gasteiger partial charge in [0, 0.05) is 12.0 Å². The molecule has 92 valence electrons. The molecule has 0 aliphatic carbocycles. The number of aryl methyl sites for hydroxylation is 1. The highest BCUT2D eigenvalue weighted by molar-refractivity contribution is 5.75. The molecule has 0 saturated carbocycles. The van der Waals surface area contributed by atoms with Crippen LogP contribution >= 0.6 is 0 Å². The average molecular weight is 240 g/mol. The fourth-order valence-electron chi connectivity index (χ4n) is 1.36. The van der Waals surface area contributed by atoms with Crippen LogP contribution in [-0.2, 0) is 16.0 Å². The number of hydrogen-bond acceptors (Lipinski definition) is 4. The van der Waals surface area contributed by atoms with Gasteiger partial charge in [-0.25, -0.2) is 4.79 Å². The number of phenolic OH excluding ortho intramolecular Hbond substituents is 1. The van der Waals surface area contributed by atoms with E-state index in [4.69, 9.17) is 10.2 Å². The predicted octanol–water partition coefficient (Wildman–Crippen LogP) is 0.527. The van der Waals surface area contributed by atoms with Gasteiger partial charge in [0.25, 0.3) is 0 Å². The van der Waals surface area contributed by atoms with Gasteiger partial charge in [0.15, 0.2) is 6.10 Å². The fraction of sp³-hybridized carbons (Fsp3) is 0.273. The van der Waals surface area contributed by atoms with E-state index in [9.17, 15) is 19.8 Å². The second-order valence-electron chi connectivity index (χ2n) is 3.53. The van der Waals surface area contributed by atoms with Crippen molar-refractivity contribution in [2.75, 3.05) is 0 Å². The molecule has 1 aromatic rings. The van der Waals surface area contributed by atoms with Crippen molar-refractivity contribution in [3.05, 3.63) is 29.3 Å². The molecule has 0 saturated heterocycles. The molecule has 1 atom stereocenters. The summed E-state index contributed by atoms with van der Waals surface area (Å²) in [6.07, 6.45) is -1.64. The lowest BCUT2D eigenvalue weighted by Gasteiger charge is -2.09. The first-order valence-electron chi connectivity index (χ1n) is 4.86. The summed E-state index contributed by atoms with van der Waals surface area (Å²) in [6.45, 7) is 0. The summed E-state index contributed by atoms with van der Waals surface area (Å²) in [5.74, 6) is -2.78. The number of aromatic hydroxyl groups is 1. The first-order valence-corrected chi connectivity index (χ1v) is 4.86. The van der Waals surface area contributed by atoms with Gasteiger partial charge in [-0.3, -0.25) is 4.79 Å². The molecule has 0 radical (unpaired) electrons. The van der Waals surface area contributed by atoms with E-state index >= 15 is 0 Å². The van der Waals surface area contributed by atoms with E-state index in [1.165, 1.54) is 18.2 Å². The quantitative estimate of drug-likeness (QED) is 0.596. The summed E-state index contributed by atoms with van der Waals surface area (Å²) in [7, 11) is 0. The van der Waals surface area contributed by atoms with E-state index in [1.54, 1.807) is 0 Å². The third-order valence-corrected chi connectivity index (χ3v) is 2.25. The largest absolute Gasteiger partial charge is 0.508 e. The van der Waals surface area contributed by atoms with Gasteiger partial charge in [0.2, 0.25) is 0 Å². The average Bonchev–Trinajstić information content (AvgIpc) is 2.25. The van der Waals surface area contributed by atoms with Crippen molar-refractivity contribution < 1.29 is 30.0 Å². The third-order valence-electron chi connectivity index (χ3n) is 2.25. The van der Waals surface area contributed by atoms with Crippen LogP contribution in [0.25, 0.3) is 0 Å². The molecular formula is C11H12O6. The molecule has 0 heterocycles. The monoisotopic (exact) mass is 240 g/mol. The van der Waals surface area contributed by atoms with Crippen LogP contribution in [0.2, 0.25) is 0 Å². The SMILES string of the molecule is O=C(O)CCc1ccc(C(O)C(=O)O)c(O)c1. The lowest BCUT2D eigenvalue weighted by Crippen LogP contribution is -2.10. The third kappa shape index (κ3) is 3.46. The Balaban J connectivity index is 2.86. The van der Waals surface area contributed by atoms with E-state index in [2.05, 4.69) is 0 Å². The van der Waals surface area contributed by atoms with Gasteiger partial charge in [-0.1, -0.05) is 12.1 Å². The summed E-state index contributed by atoms with van der Waals surface area (Å²) in [5, 5.41) is 35.8. The van der Waals surface area contributed by atoms with Crippen LogP contribution in [0.15, 0.2) is 18.2 Å². The molecule has 0 amide bonds. The van der Waals surface area contributed by atoms with Gasteiger partial charge in [-0.15, -0.1) is 0 Å². The molecule has 1 unspecified atom stereocenters. The molecule has 1 aromatic carbocycles. The minimum absolute atomic E-state index is 0.0831. The number of benzene rings is 1. The topological polar surface area (TPSA) is 115 Å². The van der Waals surface area contributed by atoms with Crippen molar-refractivity contribution in [3.8, 4) is 5.75 Å². The van der Waals surface area contributed by atoms with Crippen molar-refractivity contribution in [2.24, 2.45) is 0 Å². The molecule has 17 heavy (non-hydrogen) atoms. The molecule has 0 aliphatic heterocycles. The smallest absolute Gasteiger partial charge is 0.337 e. The van der Waals surface area contributed by atoms with Crippen molar-refractivity contribution >= 4 is 11.9 Å². The van der Waals surface area contributed by atoms with Crippen LogP contribution in [0.4, 0.5) is 0 Å². The number of rotatable bonds is 5. The zero-order chi connectivity index (χ0) is 13.0. The Bertz CT molecular complexity index is 440. The fourth-order valence-corrected chi connectivity index (χ4v) is 1.36. The van der Waals surface area contributed by atoms with Crippen LogP contribution in [0.5, 0.6) is 5.75 Å². The number of phenols is 1. The minimum atomic E-state index is -1.79. The van der Waals surface area contributed by atoms with Crippen LogP contribution in [-0.4, -0.2) is 32.4 Å². The van der Waals surface area contributed by atoms with Gasteiger partial charge in [-0.2, -0.15) is 0 Å². The highest BCUT2D eigenvalue weighted by atomic mass is 16.4. The standard InChI is InChI=1S/C11H12O6/c12-8-5-6(2-4-9(13)14)1-3-7(8)10(15)11(16)17/h1,3,5,10,12,15H,2,4H2,(H,13,14)(H,16,17). The van der Waals surface area contributed by atoms with Crippen molar-refractivity contribution in [1.82, 2.24) is 0 Å². The summed E-state index contributed by atoms with van der Waals surface area (Å²) < 4.78 is 0. The molecule has 0 bridgehead atoms. The Morgan fingerprint density at radius 3 is 2.35 bits per heavy atom. The Morgan fingerprint density at radius 2 is 1.88 bits per heavy atom. The molecule has 6 nitrogen and oxygen atoms in total. The first kappa shape index (κ1) is 13.0. The number of carbonyl (C=O) groups is 2. The van der Waals surface area contributed by atoms with Crippen LogP contribution < -0.4 is 0 Å². The van der Waals surface area contributed by atoms with Crippen molar-refractivity contribution in [2.45, 2.75) is 18.9 Å². The highest BCUT2D eigenvalue weighted by Gasteiger charge is 2.19. The maximum absolute atomic E-state index is 10.5. The number of carboxylic acids is 2. The zero-order valence-electron chi connectivity index (χ0n) is 8.83. The number of carboxylic acid groups (broad SMARTS) is 2. The van der Waals surface area contributed by atoms with Crippen LogP contribution in [0.1, 0.15) is 23.7 Å². The highest BCUT2D eigenvalue weighted by Crippen LogP contribution is 2.26. The van der Waals surface area contributed by atoms with E-state index in [0.717, 1.165) is 0 Å². The maximum Gasteiger partial charge on any atom is 0.337 e. The lowest BCUT2D eigenvalue weighted by atomic mass is 10.0. The van der Waals surface area contributed by atoms with Gasteiger partial charge in [0.05, 0.1) is 0 Å². The van der Waals surface area contributed by atoms with E-state index in [1.807, 2.05) is 0 Å². The minimum Gasteiger partial charge on any atom is -0.508 e. The van der Waals surface area contributed by atoms with Gasteiger partial charge < -0.3 is 20.4 Å². The summed E-state index contributed by atoms with van der Waals surface area (Å²) >= 11 is 0. The maximum atomic E-state index is 10.5. The van der Waals surface area contributed by atoms with Gasteiger partial charge in [-0.05, 0) is 18.1 Å². The van der Waals surface area contributed by atoms with Crippen LogP contribution in [0, 0.1) is 0 Å². The Hall–Kier alpha value is -2.08. The molecule has 0 fully saturated rings. The molecule has 0 spiro atoms. The Kier molecular flexibility index (Phi) is 4.06. The summed E-state index contributed by atoms with van der Waals surface area (Å²) in [4.78, 5) is 20.9. The molecular weight excluding hydrogens is 228 g/mol. The number of hydrogen-bond donors (Lipinski definition) is 4. The number of aliphatic carboxylic acids is 2. The Morgan fingerprint density at radius 1 is 1.24 bits per heavy atom. The second kappa shape index (κ2) is 5.31. The van der Waals surface area contributed by atoms with E-state index in [0.29, 0.717) is 5.56 Å². The van der Waals surface area contributed by atoms with Gasteiger partial charge >= 0.3 is 11.9 Å². The van der Waals surface area contributed by atoms with Crippen LogP contribution in [0.3, 0.4) is 0 Å². The zero-order valence-corrected chi connectivity index (χ0v) is 8.83. The number of aliphatic hydroxyl groups is 1. The Labute approximate surface area is 96.8 Å².